The number of carbonyl (C=O) groups is 5. The third-order valence-corrected chi connectivity index (χ3v) is 12.6. The normalized spacial score (nSPS) is 13.7. The average molecular weight is 1440 g/mol. The van der Waals surface area contributed by atoms with Gasteiger partial charge in [-0.1, -0.05) is 0 Å². The third kappa shape index (κ3) is 33.9. The predicted molar refractivity (Wildman–Crippen MR) is 359 cm³/mol. The molecule has 0 radical (unpaired) electrons. The minimum Gasteiger partial charge on any atom is -0.444 e. The zero-order chi connectivity index (χ0) is 70.2. The van der Waals surface area contributed by atoms with Crippen LogP contribution in [0.3, 0.4) is 0 Å². The molecule has 5 amide bonds. The Balaban J connectivity index is 0.000000323. The SMILES string of the molecule is CC(C)(C)OC(=O)N1CCN(c2nc(Cl)nc(Cl)n2)CC1.CC(C)(C)OC(=O)NCCN(CCNC(=O)OC(C)(C)C)c1nc(Cl)nc(Cl)n1.CC(C)(C)OC(=O)NCCNc1nc(NCCNC(=O)OC(C)(C)C)nc(N2CCC(CNc3nc(Cl)nc(Cl)n3)CC2)n1. The second-order valence-electron chi connectivity index (χ2n) is 25.6. The van der Waals surface area contributed by atoms with Crippen LogP contribution in [0.4, 0.5) is 59.7 Å². The largest absolute Gasteiger partial charge is 0.444 e. The quantitative estimate of drug-likeness (QED) is 0.0321. The van der Waals surface area contributed by atoms with E-state index in [1.165, 1.54) is 0 Å². The second-order valence-corrected chi connectivity index (χ2v) is 27.7. The predicted octanol–water partition coefficient (Wildman–Crippen LogP) is 8.83. The monoisotopic (exact) mass is 1440 g/mol. The van der Waals surface area contributed by atoms with Gasteiger partial charge in [-0.05, 0) is 192 Å². The van der Waals surface area contributed by atoms with E-state index in [2.05, 4.69) is 102 Å². The average Bonchev–Trinajstić information content (AvgIpc) is 0.857. The van der Waals surface area contributed by atoms with Gasteiger partial charge in [-0.15, -0.1) is 0 Å². The highest BCUT2D eigenvalue weighted by Gasteiger charge is 2.29. The van der Waals surface area contributed by atoms with Gasteiger partial charge >= 0.3 is 30.5 Å². The molecule has 2 saturated heterocycles. The van der Waals surface area contributed by atoms with Crippen molar-refractivity contribution in [3.63, 3.8) is 0 Å². The first-order chi connectivity index (χ1) is 43.6. The smallest absolute Gasteiger partial charge is 0.410 e. The summed E-state index contributed by atoms with van der Waals surface area (Å²) in [7, 11) is 0. The lowest BCUT2D eigenvalue weighted by atomic mass is 9.97. The molecular weight excluding hydrogens is 1360 g/mol. The Kier molecular flexibility index (Phi) is 31.0. The summed E-state index contributed by atoms with van der Waals surface area (Å²) in [5.41, 5.74) is -2.87. The van der Waals surface area contributed by atoms with Gasteiger partial charge in [-0.25, -0.2) is 24.0 Å². The number of piperazine rings is 1. The maximum Gasteiger partial charge on any atom is 0.410 e. The van der Waals surface area contributed by atoms with Crippen LogP contribution < -0.4 is 51.9 Å². The zero-order valence-electron chi connectivity index (χ0n) is 55.6. The van der Waals surface area contributed by atoms with Crippen LogP contribution >= 0.6 is 69.6 Å². The van der Waals surface area contributed by atoms with Crippen LogP contribution in [-0.2, 0) is 23.7 Å². The zero-order valence-corrected chi connectivity index (χ0v) is 60.1. The van der Waals surface area contributed by atoms with Crippen LogP contribution in [0.2, 0.25) is 31.7 Å². The number of nitrogens with zero attached hydrogens (tertiary/aromatic N) is 16. The molecule has 0 aliphatic carbocycles. The van der Waals surface area contributed by atoms with Crippen molar-refractivity contribution in [1.82, 2.24) is 86.0 Å². The van der Waals surface area contributed by atoms with Gasteiger partial charge in [-0.3, -0.25) is 0 Å². The lowest BCUT2D eigenvalue weighted by Gasteiger charge is -2.35. The molecular formula is C55H87Cl6N23O10. The van der Waals surface area contributed by atoms with Gasteiger partial charge in [0.2, 0.25) is 67.4 Å². The molecule has 4 aromatic heterocycles. The van der Waals surface area contributed by atoms with E-state index in [0.717, 1.165) is 12.8 Å². The van der Waals surface area contributed by atoms with Crippen molar-refractivity contribution in [2.45, 2.75) is 145 Å². The minimum atomic E-state index is -0.601. The van der Waals surface area contributed by atoms with Crippen molar-refractivity contribution in [2.75, 3.05) is 129 Å². The van der Waals surface area contributed by atoms with E-state index < -0.39 is 52.4 Å². The van der Waals surface area contributed by atoms with E-state index in [4.69, 9.17) is 93.3 Å². The van der Waals surface area contributed by atoms with Crippen molar-refractivity contribution < 1.29 is 47.7 Å². The Morgan fingerprint density at radius 2 is 0.723 bits per heavy atom. The standard InChI is InChI=1S/C26H42Cl2N12O4.C17H28Cl2N6O4.C12H17Cl2N5O2/c1-25(2,3)43-23(41)31-11-9-29-19-37-20(30-10-12-32-24(42)44-26(4,5)6)39-22(38-19)40-13-7-16(8-14-40)15-33-21-35-17(27)34-18(28)36-21;1-16(2,3)28-14(26)20-7-9-25(13-23-11(18)22-12(19)24-13)10-8-21-15(27)29-17(4,5)6;1-12(2,3)21-11(20)19-6-4-18(5-7-19)10-16-8(13)15-9(14)17-10/h16H,7-15H2,1-6H3,(H,31,41)(H,32,42)(H,33,34,35,36)(H2,29,30,37,38,39);7-10H2,1-6H3,(H,20,26)(H,21,27);4-7H2,1-3H3. The van der Waals surface area contributed by atoms with Crippen molar-refractivity contribution >= 4 is 136 Å². The summed E-state index contributed by atoms with van der Waals surface area (Å²) in [5.74, 6) is 2.52. The van der Waals surface area contributed by atoms with Crippen LogP contribution in [0, 0.1) is 5.92 Å². The van der Waals surface area contributed by atoms with Crippen molar-refractivity contribution in [3.8, 4) is 0 Å². The number of alkyl carbamates (subject to hydrolysis) is 4. The number of nitrogens with one attached hydrogen (secondary N) is 7. The number of ether oxygens (including phenoxy) is 5. The van der Waals surface area contributed by atoms with Gasteiger partial charge < -0.3 is 80.5 Å². The molecule has 4 aromatic rings. The Bertz CT molecular complexity index is 2950. The number of hydrogen-bond donors (Lipinski definition) is 7. The molecule has 0 spiro atoms. The maximum atomic E-state index is 12.0. The first kappa shape index (κ1) is 79.4. The molecule has 33 nitrogen and oxygen atoms in total. The highest BCUT2D eigenvalue weighted by atomic mass is 35.5. The number of carbonyl (C=O) groups excluding carboxylic acids is 5. The first-order valence-electron chi connectivity index (χ1n) is 29.9. The van der Waals surface area contributed by atoms with Crippen molar-refractivity contribution in [2.24, 2.45) is 5.92 Å². The summed E-state index contributed by atoms with van der Waals surface area (Å²) < 4.78 is 26.3. The Morgan fingerprint density at radius 1 is 0.394 bits per heavy atom. The molecule has 6 rings (SSSR count). The van der Waals surface area contributed by atoms with Crippen LogP contribution in [0.1, 0.15) is 117 Å². The van der Waals surface area contributed by atoms with E-state index in [-0.39, 0.29) is 56.8 Å². The Morgan fingerprint density at radius 3 is 1.11 bits per heavy atom. The number of hydrogen-bond acceptors (Lipinski definition) is 28. The summed E-state index contributed by atoms with van der Waals surface area (Å²) in [5, 5.41) is 20.2. The molecule has 6 heterocycles. The van der Waals surface area contributed by atoms with Gasteiger partial charge in [0.25, 0.3) is 0 Å². The summed E-state index contributed by atoms with van der Waals surface area (Å²) in [6.07, 6.45) is -0.669. The van der Waals surface area contributed by atoms with E-state index in [1.54, 1.807) is 92.9 Å². The van der Waals surface area contributed by atoms with Gasteiger partial charge in [0.15, 0.2) is 0 Å². The van der Waals surface area contributed by atoms with Crippen molar-refractivity contribution in [1.29, 1.82) is 0 Å². The molecule has 7 N–H and O–H groups in total. The van der Waals surface area contributed by atoms with Crippen LogP contribution in [0.25, 0.3) is 0 Å². The number of halogens is 6. The molecule has 2 aliphatic rings. The molecule has 2 aliphatic heterocycles. The molecule has 39 heteroatoms. The Hall–Kier alpha value is -7.07. The molecule has 0 saturated carbocycles. The number of piperidine rings is 1. The minimum absolute atomic E-state index is 0.0345. The van der Waals surface area contributed by atoms with Crippen molar-refractivity contribution in [3.05, 3.63) is 31.7 Å². The number of amides is 5. The van der Waals surface area contributed by atoms with Gasteiger partial charge in [-0.2, -0.15) is 59.8 Å². The number of aromatic nitrogens is 12. The topological polar surface area (TPSA) is 383 Å². The van der Waals surface area contributed by atoms with Gasteiger partial charge in [0, 0.05) is 98.2 Å². The number of rotatable bonds is 20. The van der Waals surface area contributed by atoms with Crippen LogP contribution in [0.5, 0.6) is 0 Å². The lowest BCUT2D eigenvalue weighted by Crippen LogP contribution is -2.50. The molecule has 94 heavy (non-hydrogen) atoms. The maximum absolute atomic E-state index is 12.0. The fourth-order valence-electron chi connectivity index (χ4n) is 7.80. The van der Waals surface area contributed by atoms with Gasteiger partial charge in [0.1, 0.15) is 28.0 Å². The second kappa shape index (κ2) is 36.7. The lowest BCUT2D eigenvalue weighted by molar-refractivity contribution is 0.0238. The molecule has 0 unspecified atom stereocenters. The Labute approximate surface area is 577 Å². The van der Waals surface area contributed by atoms with Crippen LogP contribution in [0.15, 0.2) is 0 Å². The van der Waals surface area contributed by atoms with E-state index in [9.17, 15) is 24.0 Å². The number of anilines is 6. The van der Waals surface area contributed by atoms with E-state index in [0.29, 0.717) is 121 Å². The summed E-state index contributed by atoms with van der Waals surface area (Å²) in [6.45, 7) is 33.7. The molecule has 0 bridgehead atoms. The summed E-state index contributed by atoms with van der Waals surface area (Å²) in [4.78, 5) is 116. The summed E-state index contributed by atoms with van der Waals surface area (Å²) >= 11 is 35.0. The van der Waals surface area contributed by atoms with E-state index in [1.807, 2.05) is 25.7 Å². The highest BCUT2D eigenvalue weighted by Crippen LogP contribution is 2.24. The third-order valence-electron chi connectivity index (χ3n) is 11.5. The summed E-state index contributed by atoms with van der Waals surface area (Å²) in [6, 6.07) is 0. The molecule has 0 aromatic carbocycles. The highest BCUT2D eigenvalue weighted by molar-refractivity contribution is 6.32. The first-order valence-corrected chi connectivity index (χ1v) is 32.2. The molecule has 524 valence electrons. The van der Waals surface area contributed by atoms with Gasteiger partial charge in [0.05, 0.1) is 0 Å². The van der Waals surface area contributed by atoms with Crippen LogP contribution in [-0.4, -0.2) is 221 Å². The molecule has 2 fully saturated rings. The molecule has 0 atom stereocenters. The fraction of sp³-hybridized carbons (Fsp3) is 0.691. The fourth-order valence-corrected chi connectivity index (χ4v) is 8.88. The van der Waals surface area contributed by atoms with E-state index >= 15 is 0 Å².